The number of benzene rings is 2. The number of rotatable bonds is 4. The standard InChI is InChI=1S/C20H19ClN2O3/c1-22-20(17-9-2-3-10-18(17)21)11-5-7-15(19(20)24)12-14-6-4-8-16(13-14)23(25)26/h2-4,6,8-10,12-13,22H,5,7,11H2,1H3/b15-12+/t20-/m1/s1. The lowest BCUT2D eigenvalue weighted by Crippen LogP contribution is -2.50. The molecule has 26 heavy (non-hydrogen) atoms. The normalized spacial score (nSPS) is 21.8. The van der Waals surface area contributed by atoms with E-state index >= 15 is 0 Å². The third kappa shape index (κ3) is 3.28. The van der Waals surface area contributed by atoms with Crippen LogP contribution in [0.2, 0.25) is 5.02 Å². The summed E-state index contributed by atoms with van der Waals surface area (Å²) in [6.07, 6.45) is 3.85. The predicted molar refractivity (Wildman–Crippen MR) is 102 cm³/mol. The van der Waals surface area contributed by atoms with Crippen molar-refractivity contribution < 1.29 is 9.72 Å². The summed E-state index contributed by atoms with van der Waals surface area (Å²) in [6, 6.07) is 13.6. The van der Waals surface area contributed by atoms with Crippen molar-refractivity contribution in [2.75, 3.05) is 7.05 Å². The minimum atomic E-state index is -0.872. The Balaban J connectivity index is 2.03. The van der Waals surface area contributed by atoms with E-state index < -0.39 is 10.5 Å². The van der Waals surface area contributed by atoms with Gasteiger partial charge in [-0.3, -0.25) is 14.9 Å². The summed E-state index contributed by atoms with van der Waals surface area (Å²) in [6.45, 7) is 0. The Kier molecular flexibility index (Phi) is 5.20. The molecule has 1 N–H and O–H groups in total. The fourth-order valence-electron chi connectivity index (χ4n) is 3.55. The Hall–Kier alpha value is -2.50. The van der Waals surface area contributed by atoms with Gasteiger partial charge >= 0.3 is 0 Å². The monoisotopic (exact) mass is 370 g/mol. The quantitative estimate of drug-likeness (QED) is 0.488. The molecule has 0 aromatic heterocycles. The first-order valence-corrected chi connectivity index (χ1v) is 8.79. The Morgan fingerprint density at radius 2 is 2.00 bits per heavy atom. The Morgan fingerprint density at radius 3 is 2.69 bits per heavy atom. The molecule has 0 unspecified atom stereocenters. The van der Waals surface area contributed by atoms with Crippen molar-refractivity contribution in [1.82, 2.24) is 5.32 Å². The maximum absolute atomic E-state index is 13.3. The van der Waals surface area contributed by atoms with Gasteiger partial charge in [0.15, 0.2) is 5.78 Å². The number of carbonyl (C=O) groups excluding carboxylic acids is 1. The molecule has 1 atom stereocenters. The molecule has 1 aliphatic rings. The van der Waals surface area contributed by atoms with Crippen molar-refractivity contribution in [2.45, 2.75) is 24.8 Å². The van der Waals surface area contributed by atoms with Crippen molar-refractivity contribution in [1.29, 1.82) is 0 Å². The van der Waals surface area contributed by atoms with Crippen LogP contribution in [0.15, 0.2) is 54.1 Å². The molecule has 134 valence electrons. The van der Waals surface area contributed by atoms with Crippen LogP contribution in [-0.4, -0.2) is 17.8 Å². The summed E-state index contributed by atoms with van der Waals surface area (Å²) >= 11 is 6.37. The van der Waals surface area contributed by atoms with Gasteiger partial charge in [0.1, 0.15) is 5.54 Å². The first-order chi connectivity index (χ1) is 12.5. The topological polar surface area (TPSA) is 72.2 Å². The van der Waals surface area contributed by atoms with Gasteiger partial charge in [0.05, 0.1) is 4.92 Å². The number of nitrogens with one attached hydrogen (secondary N) is 1. The molecule has 0 saturated heterocycles. The van der Waals surface area contributed by atoms with Gasteiger partial charge in [-0.05, 0) is 55.2 Å². The number of halogens is 1. The molecule has 6 heteroatoms. The lowest BCUT2D eigenvalue weighted by Gasteiger charge is -2.37. The molecule has 0 bridgehead atoms. The average Bonchev–Trinajstić information content (AvgIpc) is 2.64. The van der Waals surface area contributed by atoms with Crippen LogP contribution in [0.1, 0.15) is 30.4 Å². The maximum atomic E-state index is 13.3. The first-order valence-electron chi connectivity index (χ1n) is 8.42. The van der Waals surface area contributed by atoms with E-state index in [0.29, 0.717) is 29.0 Å². The second kappa shape index (κ2) is 7.40. The number of carbonyl (C=O) groups is 1. The highest BCUT2D eigenvalue weighted by atomic mass is 35.5. The molecule has 0 amide bonds. The van der Waals surface area contributed by atoms with E-state index in [1.165, 1.54) is 12.1 Å². The number of likely N-dealkylation sites (N-methyl/N-ethyl adjacent to an activating group) is 1. The van der Waals surface area contributed by atoms with Crippen LogP contribution in [0.5, 0.6) is 0 Å². The highest BCUT2D eigenvalue weighted by molar-refractivity contribution is 6.32. The molecule has 0 aliphatic heterocycles. The summed E-state index contributed by atoms with van der Waals surface area (Å²) in [5.74, 6) is -0.0362. The van der Waals surface area contributed by atoms with E-state index in [2.05, 4.69) is 5.32 Å². The van der Waals surface area contributed by atoms with Crippen molar-refractivity contribution in [3.63, 3.8) is 0 Å². The minimum Gasteiger partial charge on any atom is -0.304 e. The average molecular weight is 371 g/mol. The van der Waals surface area contributed by atoms with Crippen molar-refractivity contribution in [3.8, 4) is 0 Å². The van der Waals surface area contributed by atoms with E-state index in [0.717, 1.165) is 12.0 Å². The van der Waals surface area contributed by atoms with Crippen molar-refractivity contribution >= 4 is 29.1 Å². The largest absolute Gasteiger partial charge is 0.304 e. The number of nitro benzene ring substituents is 1. The zero-order valence-corrected chi connectivity index (χ0v) is 15.1. The lowest BCUT2D eigenvalue weighted by atomic mass is 9.73. The number of hydrogen-bond donors (Lipinski definition) is 1. The highest BCUT2D eigenvalue weighted by Gasteiger charge is 2.43. The first kappa shape index (κ1) is 18.3. The number of nitro groups is 1. The fourth-order valence-corrected chi connectivity index (χ4v) is 3.85. The molecule has 5 nitrogen and oxygen atoms in total. The van der Waals surface area contributed by atoms with E-state index in [-0.39, 0.29) is 11.5 Å². The molecule has 1 saturated carbocycles. The molecule has 0 radical (unpaired) electrons. The predicted octanol–water partition coefficient (Wildman–Crippen LogP) is 4.50. The third-order valence-corrected chi connectivity index (χ3v) is 5.19. The van der Waals surface area contributed by atoms with Crippen LogP contribution in [0.4, 0.5) is 5.69 Å². The molecule has 1 aliphatic carbocycles. The Morgan fingerprint density at radius 1 is 1.23 bits per heavy atom. The molecule has 0 spiro atoms. The van der Waals surface area contributed by atoms with Crippen molar-refractivity contribution in [2.24, 2.45) is 0 Å². The van der Waals surface area contributed by atoms with E-state index in [9.17, 15) is 14.9 Å². The maximum Gasteiger partial charge on any atom is 0.270 e. The van der Waals surface area contributed by atoms with E-state index in [4.69, 9.17) is 11.6 Å². The molecular formula is C20H19ClN2O3. The van der Waals surface area contributed by atoms with Gasteiger partial charge in [-0.1, -0.05) is 41.9 Å². The minimum absolute atomic E-state index is 0.00796. The smallest absolute Gasteiger partial charge is 0.270 e. The van der Waals surface area contributed by atoms with E-state index in [1.54, 1.807) is 31.3 Å². The van der Waals surface area contributed by atoms with Crippen LogP contribution >= 0.6 is 11.6 Å². The molecule has 1 fully saturated rings. The van der Waals surface area contributed by atoms with Gasteiger partial charge in [0, 0.05) is 17.2 Å². The second-order valence-corrected chi connectivity index (χ2v) is 6.75. The Labute approximate surface area is 156 Å². The Bertz CT molecular complexity index is 894. The van der Waals surface area contributed by atoms with Crippen LogP contribution in [0.3, 0.4) is 0 Å². The third-order valence-electron chi connectivity index (χ3n) is 4.86. The SMILES string of the molecule is CN[C@@]1(c2ccccc2Cl)CCC/C(=C\c2cccc([N+](=O)[O-])c2)C1=O. The van der Waals surface area contributed by atoms with E-state index in [1.807, 2.05) is 18.2 Å². The summed E-state index contributed by atoms with van der Waals surface area (Å²) < 4.78 is 0. The highest BCUT2D eigenvalue weighted by Crippen LogP contribution is 2.40. The zero-order chi connectivity index (χ0) is 18.7. The number of non-ortho nitro benzene ring substituents is 1. The second-order valence-electron chi connectivity index (χ2n) is 6.34. The summed E-state index contributed by atoms with van der Waals surface area (Å²) in [4.78, 5) is 23.9. The van der Waals surface area contributed by atoms with Gasteiger partial charge < -0.3 is 5.32 Å². The summed E-state index contributed by atoms with van der Waals surface area (Å²) in [7, 11) is 1.76. The molecule has 0 heterocycles. The zero-order valence-electron chi connectivity index (χ0n) is 14.4. The van der Waals surface area contributed by atoms with Gasteiger partial charge in [-0.2, -0.15) is 0 Å². The lowest BCUT2D eigenvalue weighted by molar-refractivity contribution is -0.384. The molecule has 3 rings (SSSR count). The number of ketones is 1. The van der Waals surface area contributed by atoms with Crippen LogP contribution < -0.4 is 5.32 Å². The van der Waals surface area contributed by atoms with Gasteiger partial charge in [-0.15, -0.1) is 0 Å². The number of nitrogens with zero attached hydrogens (tertiary/aromatic N) is 1. The molecule has 2 aromatic carbocycles. The van der Waals surface area contributed by atoms with Crippen LogP contribution in [-0.2, 0) is 10.3 Å². The fraction of sp³-hybridized carbons (Fsp3) is 0.250. The van der Waals surface area contributed by atoms with Gasteiger partial charge in [-0.25, -0.2) is 0 Å². The number of hydrogen-bond acceptors (Lipinski definition) is 4. The van der Waals surface area contributed by atoms with Crippen LogP contribution in [0.25, 0.3) is 6.08 Å². The molecular weight excluding hydrogens is 352 g/mol. The molecule has 2 aromatic rings. The number of Topliss-reactive ketones (excluding diaryl/α,β-unsaturated/α-hetero) is 1. The summed E-state index contributed by atoms with van der Waals surface area (Å²) in [5, 5.41) is 14.7. The summed E-state index contributed by atoms with van der Waals surface area (Å²) in [5.41, 5.74) is 1.19. The van der Waals surface area contributed by atoms with Crippen LogP contribution in [0, 0.1) is 10.1 Å². The van der Waals surface area contributed by atoms with Crippen molar-refractivity contribution in [3.05, 3.63) is 80.4 Å². The van der Waals surface area contributed by atoms with Gasteiger partial charge in [0.2, 0.25) is 0 Å². The van der Waals surface area contributed by atoms with Gasteiger partial charge in [0.25, 0.3) is 5.69 Å².